The molecule has 0 aliphatic heterocycles. The maximum Gasteiger partial charge on any atom is 0.311 e. The first-order chi connectivity index (χ1) is 10.9. The second-order valence-electron chi connectivity index (χ2n) is 4.82. The summed E-state index contributed by atoms with van der Waals surface area (Å²) in [6, 6.07) is 8.43. The van der Waals surface area contributed by atoms with E-state index in [1.807, 2.05) is 0 Å². The Hall–Kier alpha value is -3.00. The first-order valence-electron chi connectivity index (χ1n) is 6.62. The van der Waals surface area contributed by atoms with E-state index in [0.717, 1.165) is 0 Å². The fourth-order valence-corrected chi connectivity index (χ4v) is 1.96. The Bertz CT molecular complexity index is 734. The van der Waals surface area contributed by atoms with Gasteiger partial charge in [-0.05, 0) is 35.9 Å². The SMILES string of the molecule is NC(=O)CC(N)c1ccc(Oc2ccc(F)cc2)c([N+](=O)[O-])c1. The molecule has 0 fully saturated rings. The highest BCUT2D eigenvalue weighted by Crippen LogP contribution is 2.33. The number of halogens is 1. The number of nitrogens with zero attached hydrogens (tertiary/aromatic N) is 1. The lowest BCUT2D eigenvalue weighted by Gasteiger charge is -2.12. The highest BCUT2D eigenvalue weighted by molar-refractivity contribution is 5.74. The van der Waals surface area contributed by atoms with E-state index in [4.69, 9.17) is 16.2 Å². The summed E-state index contributed by atoms with van der Waals surface area (Å²) in [4.78, 5) is 21.5. The molecule has 2 aromatic carbocycles. The van der Waals surface area contributed by atoms with Crippen molar-refractivity contribution in [1.29, 1.82) is 0 Å². The molecular weight excluding hydrogens is 305 g/mol. The van der Waals surface area contributed by atoms with Crippen LogP contribution in [0.4, 0.5) is 10.1 Å². The number of carbonyl (C=O) groups excluding carboxylic acids is 1. The van der Waals surface area contributed by atoms with E-state index in [1.54, 1.807) is 0 Å². The molecule has 8 heteroatoms. The molecule has 1 unspecified atom stereocenters. The molecule has 4 N–H and O–H groups in total. The van der Waals surface area contributed by atoms with Crippen LogP contribution in [0, 0.1) is 15.9 Å². The second-order valence-corrected chi connectivity index (χ2v) is 4.82. The predicted molar refractivity (Wildman–Crippen MR) is 80.3 cm³/mol. The van der Waals surface area contributed by atoms with Crippen molar-refractivity contribution < 1.29 is 18.8 Å². The van der Waals surface area contributed by atoms with Gasteiger partial charge in [-0.1, -0.05) is 6.07 Å². The van der Waals surface area contributed by atoms with Crippen molar-refractivity contribution in [3.05, 3.63) is 64.0 Å². The van der Waals surface area contributed by atoms with Gasteiger partial charge in [-0.25, -0.2) is 4.39 Å². The number of hydrogen-bond acceptors (Lipinski definition) is 5. The summed E-state index contributed by atoms with van der Waals surface area (Å²) in [7, 11) is 0. The third-order valence-electron chi connectivity index (χ3n) is 3.07. The highest BCUT2D eigenvalue weighted by Gasteiger charge is 2.20. The fraction of sp³-hybridized carbons (Fsp3) is 0.133. The summed E-state index contributed by atoms with van der Waals surface area (Å²) in [6.45, 7) is 0. The minimum atomic E-state index is -0.744. The lowest BCUT2D eigenvalue weighted by atomic mass is 10.0. The monoisotopic (exact) mass is 319 g/mol. The average molecular weight is 319 g/mol. The number of hydrogen-bond donors (Lipinski definition) is 2. The number of nitrogens with two attached hydrogens (primary N) is 2. The molecule has 0 heterocycles. The predicted octanol–water partition coefficient (Wildman–Crippen LogP) is 2.40. The van der Waals surface area contributed by atoms with Crippen LogP contribution in [-0.2, 0) is 4.79 Å². The van der Waals surface area contributed by atoms with Crippen LogP contribution in [0.1, 0.15) is 18.0 Å². The minimum absolute atomic E-state index is 0.0170. The third-order valence-corrected chi connectivity index (χ3v) is 3.07. The van der Waals surface area contributed by atoms with Gasteiger partial charge < -0.3 is 16.2 Å². The molecule has 0 bridgehead atoms. The maximum absolute atomic E-state index is 12.9. The molecule has 1 atom stereocenters. The topological polar surface area (TPSA) is 121 Å². The maximum atomic E-state index is 12.9. The normalized spacial score (nSPS) is 11.7. The molecule has 120 valence electrons. The molecule has 2 aromatic rings. The molecule has 0 saturated heterocycles. The molecule has 23 heavy (non-hydrogen) atoms. The summed E-state index contributed by atoms with van der Waals surface area (Å²) >= 11 is 0. The average Bonchev–Trinajstić information content (AvgIpc) is 2.49. The van der Waals surface area contributed by atoms with Gasteiger partial charge in [0.1, 0.15) is 11.6 Å². The number of ether oxygens (including phenoxy) is 1. The number of nitro benzene ring substituents is 1. The Morgan fingerprint density at radius 3 is 2.48 bits per heavy atom. The summed E-state index contributed by atoms with van der Waals surface area (Å²) in [6.07, 6.45) is -0.130. The minimum Gasteiger partial charge on any atom is -0.450 e. The number of rotatable bonds is 6. The van der Waals surface area contributed by atoms with Crippen molar-refractivity contribution in [3.8, 4) is 11.5 Å². The first kappa shape index (κ1) is 16.4. The zero-order valence-electron chi connectivity index (χ0n) is 11.9. The molecule has 7 nitrogen and oxygen atoms in total. The lowest BCUT2D eigenvalue weighted by molar-refractivity contribution is -0.385. The van der Waals surface area contributed by atoms with Crippen molar-refractivity contribution in [2.24, 2.45) is 11.5 Å². The number of carbonyl (C=O) groups is 1. The van der Waals surface area contributed by atoms with Crippen LogP contribution in [0.2, 0.25) is 0 Å². The van der Waals surface area contributed by atoms with Gasteiger partial charge in [0.05, 0.1) is 4.92 Å². The number of amides is 1. The molecule has 1 amide bonds. The van der Waals surface area contributed by atoms with E-state index in [0.29, 0.717) is 5.56 Å². The lowest BCUT2D eigenvalue weighted by Crippen LogP contribution is -2.20. The van der Waals surface area contributed by atoms with Gasteiger partial charge in [0.2, 0.25) is 11.7 Å². The van der Waals surface area contributed by atoms with Crippen LogP contribution in [0.3, 0.4) is 0 Å². The van der Waals surface area contributed by atoms with E-state index in [2.05, 4.69) is 0 Å². The van der Waals surface area contributed by atoms with Crippen LogP contribution < -0.4 is 16.2 Å². The highest BCUT2D eigenvalue weighted by atomic mass is 19.1. The van der Waals surface area contributed by atoms with Crippen molar-refractivity contribution >= 4 is 11.6 Å². The number of benzene rings is 2. The summed E-state index contributed by atoms with van der Waals surface area (Å²) in [5.74, 6) is -0.813. The first-order valence-corrected chi connectivity index (χ1v) is 6.62. The Kier molecular flexibility index (Phi) is 4.87. The van der Waals surface area contributed by atoms with Crippen LogP contribution >= 0.6 is 0 Å². The smallest absolute Gasteiger partial charge is 0.311 e. The Balaban J connectivity index is 2.31. The van der Waals surface area contributed by atoms with Crippen LogP contribution in [0.5, 0.6) is 11.5 Å². The van der Waals surface area contributed by atoms with Crippen molar-refractivity contribution in [2.75, 3.05) is 0 Å². The van der Waals surface area contributed by atoms with Crippen LogP contribution in [0.15, 0.2) is 42.5 Å². The number of primary amides is 1. The molecule has 0 aliphatic carbocycles. The van der Waals surface area contributed by atoms with Gasteiger partial charge in [0, 0.05) is 18.5 Å². The molecular formula is C15H14FN3O4. The quantitative estimate of drug-likeness (QED) is 0.625. The molecule has 0 saturated carbocycles. The zero-order valence-corrected chi connectivity index (χ0v) is 11.9. The van der Waals surface area contributed by atoms with E-state index in [1.165, 1.54) is 42.5 Å². The Morgan fingerprint density at radius 1 is 1.26 bits per heavy atom. The molecule has 0 aromatic heterocycles. The van der Waals surface area contributed by atoms with Crippen LogP contribution in [-0.4, -0.2) is 10.8 Å². The Morgan fingerprint density at radius 2 is 1.91 bits per heavy atom. The fourth-order valence-electron chi connectivity index (χ4n) is 1.96. The standard InChI is InChI=1S/C15H14FN3O4/c16-10-2-4-11(5-3-10)23-14-6-1-9(7-13(14)19(21)22)12(17)8-15(18)20/h1-7,12H,8,17H2,(H2,18,20). The van der Waals surface area contributed by atoms with Gasteiger partial charge in [0.25, 0.3) is 0 Å². The van der Waals surface area contributed by atoms with E-state index in [-0.39, 0.29) is 23.6 Å². The van der Waals surface area contributed by atoms with E-state index >= 15 is 0 Å². The molecule has 2 rings (SSSR count). The van der Waals surface area contributed by atoms with E-state index < -0.39 is 22.7 Å². The van der Waals surface area contributed by atoms with E-state index in [9.17, 15) is 19.3 Å². The third kappa shape index (κ3) is 4.24. The summed E-state index contributed by atoms with van der Waals surface area (Å²) in [5, 5.41) is 11.2. The van der Waals surface area contributed by atoms with Gasteiger partial charge >= 0.3 is 5.69 Å². The summed E-state index contributed by atoms with van der Waals surface area (Å²) in [5.41, 5.74) is 10.9. The Labute approximate surface area is 130 Å². The van der Waals surface area contributed by atoms with Gasteiger partial charge in [0.15, 0.2) is 0 Å². The molecule has 0 spiro atoms. The zero-order chi connectivity index (χ0) is 17.0. The van der Waals surface area contributed by atoms with Gasteiger partial charge in [-0.3, -0.25) is 14.9 Å². The molecule has 0 radical (unpaired) electrons. The second kappa shape index (κ2) is 6.84. The van der Waals surface area contributed by atoms with Crippen LogP contribution in [0.25, 0.3) is 0 Å². The summed E-state index contributed by atoms with van der Waals surface area (Å²) < 4.78 is 18.3. The van der Waals surface area contributed by atoms with Crippen molar-refractivity contribution in [3.63, 3.8) is 0 Å². The van der Waals surface area contributed by atoms with Gasteiger partial charge in [-0.2, -0.15) is 0 Å². The van der Waals surface area contributed by atoms with Crippen molar-refractivity contribution in [1.82, 2.24) is 0 Å². The van der Waals surface area contributed by atoms with Crippen molar-refractivity contribution in [2.45, 2.75) is 12.5 Å². The largest absolute Gasteiger partial charge is 0.450 e. The number of nitro groups is 1. The molecule has 0 aliphatic rings. The van der Waals surface area contributed by atoms with Gasteiger partial charge in [-0.15, -0.1) is 0 Å².